The largest absolute Gasteiger partial charge is 0.495 e. The molecule has 45 heavy (non-hydrogen) atoms. The molecule has 7 rings (SSSR count). The van der Waals surface area contributed by atoms with Gasteiger partial charge in [0.15, 0.2) is 11.6 Å². The zero-order chi connectivity index (χ0) is 31.4. The molecule has 0 amide bonds. The van der Waals surface area contributed by atoms with Crippen LogP contribution >= 0.6 is 0 Å². The molecule has 0 radical (unpaired) electrons. The number of carbonyl (C=O) groups excluding carboxylic acids is 4. The zero-order valence-corrected chi connectivity index (χ0v) is 23.6. The van der Waals surface area contributed by atoms with E-state index in [4.69, 9.17) is 4.74 Å². The van der Waals surface area contributed by atoms with Crippen molar-refractivity contribution in [1.82, 2.24) is 4.57 Å². The number of Topliss-reactive ketones (excluding diaryl/α,β-unsaturated/α-hetero) is 4. The van der Waals surface area contributed by atoms with E-state index in [1.807, 2.05) is 12.1 Å². The number of benzene rings is 4. The van der Waals surface area contributed by atoms with Crippen molar-refractivity contribution < 1.29 is 23.9 Å². The van der Waals surface area contributed by atoms with Crippen LogP contribution in [-0.4, -0.2) is 34.8 Å². The number of rotatable bonds is 4. The van der Waals surface area contributed by atoms with Gasteiger partial charge in [0, 0.05) is 33.0 Å². The molecule has 4 aromatic carbocycles. The number of ether oxygens (including phenoxy) is 1. The lowest BCUT2D eigenvalue weighted by atomic mass is 9.82. The first-order chi connectivity index (χ1) is 21.9. The second-order valence-corrected chi connectivity index (χ2v) is 10.4. The van der Waals surface area contributed by atoms with Gasteiger partial charge in [-0.1, -0.05) is 84.9 Å². The highest BCUT2D eigenvalue weighted by molar-refractivity contribution is 6.45. The summed E-state index contributed by atoms with van der Waals surface area (Å²) < 4.78 is 7.27. The number of para-hydroxylation sites is 2. The number of nitriles is 2. The zero-order valence-electron chi connectivity index (χ0n) is 23.6. The Bertz CT molecular complexity index is 2220. The van der Waals surface area contributed by atoms with Crippen molar-refractivity contribution in [3.63, 3.8) is 0 Å². The summed E-state index contributed by atoms with van der Waals surface area (Å²) in [7, 11) is 1.46. The molecule has 0 unspecified atom stereocenters. The van der Waals surface area contributed by atoms with Crippen LogP contribution in [0.2, 0.25) is 0 Å². The van der Waals surface area contributed by atoms with Crippen LogP contribution in [0.1, 0.15) is 52.8 Å². The van der Waals surface area contributed by atoms with Crippen LogP contribution in [0.3, 0.4) is 0 Å². The van der Waals surface area contributed by atoms with Gasteiger partial charge in [-0.2, -0.15) is 10.5 Å². The first kappa shape index (κ1) is 27.2. The third-order valence-corrected chi connectivity index (χ3v) is 8.15. The van der Waals surface area contributed by atoms with Crippen molar-refractivity contribution in [2.24, 2.45) is 0 Å². The Balaban J connectivity index is 1.70. The van der Waals surface area contributed by atoms with E-state index < -0.39 is 23.1 Å². The van der Waals surface area contributed by atoms with Crippen LogP contribution in [0, 0.1) is 22.7 Å². The van der Waals surface area contributed by atoms with Crippen molar-refractivity contribution in [1.29, 1.82) is 10.5 Å². The number of nitrogens with zero attached hydrogens (tertiary/aromatic N) is 3. The quantitative estimate of drug-likeness (QED) is 0.240. The number of fused-ring (bicyclic) bond motifs is 3. The topological polar surface area (TPSA) is 130 Å². The van der Waals surface area contributed by atoms with Gasteiger partial charge in [-0.25, -0.2) is 0 Å². The maximum absolute atomic E-state index is 14.3. The van der Waals surface area contributed by atoms with Gasteiger partial charge in [-0.05, 0) is 12.1 Å². The fourth-order valence-corrected chi connectivity index (χ4v) is 6.21. The maximum Gasteiger partial charge on any atom is 0.205 e. The van der Waals surface area contributed by atoms with Crippen molar-refractivity contribution in [2.75, 3.05) is 7.11 Å². The van der Waals surface area contributed by atoms with Gasteiger partial charge in [-0.15, -0.1) is 0 Å². The molecule has 0 N–H and O–H groups in total. The molecule has 2 aliphatic carbocycles. The second-order valence-electron chi connectivity index (χ2n) is 10.4. The van der Waals surface area contributed by atoms with Gasteiger partial charge < -0.3 is 9.30 Å². The third kappa shape index (κ3) is 3.77. The highest BCUT2D eigenvalue weighted by atomic mass is 16.5. The molecule has 212 valence electrons. The number of hydrogen-bond acceptors (Lipinski definition) is 7. The fourth-order valence-electron chi connectivity index (χ4n) is 6.21. The minimum atomic E-state index is -0.615. The lowest BCUT2D eigenvalue weighted by Crippen LogP contribution is -2.24. The van der Waals surface area contributed by atoms with E-state index in [1.165, 1.54) is 31.4 Å². The summed E-state index contributed by atoms with van der Waals surface area (Å²) in [6.45, 7) is 0. The Morgan fingerprint density at radius 1 is 0.533 bits per heavy atom. The number of methoxy groups -OCH3 is 1. The summed E-state index contributed by atoms with van der Waals surface area (Å²) in [5.74, 6) is -2.01. The summed E-state index contributed by atoms with van der Waals surface area (Å²) in [6.07, 6.45) is 0. The molecule has 8 heteroatoms. The average Bonchev–Trinajstić information content (AvgIpc) is 3.41. The van der Waals surface area contributed by atoms with Gasteiger partial charge in [-0.3, -0.25) is 19.2 Å². The summed E-state index contributed by atoms with van der Waals surface area (Å²) >= 11 is 0. The predicted molar refractivity (Wildman–Crippen MR) is 165 cm³/mol. The Hall–Kier alpha value is -6.64. The minimum Gasteiger partial charge on any atom is -0.495 e. The minimum absolute atomic E-state index is 0.113. The maximum atomic E-state index is 14.3. The van der Waals surface area contributed by atoms with E-state index >= 15 is 0 Å². The Kier molecular flexibility index (Phi) is 6.21. The van der Waals surface area contributed by atoms with E-state index in [0.717, 1.165) is 0 Å². The number of aromatic nitrogens is 1. The van der Waals surface area contributed by atoms with Gasteiger partial charge in [0.2, 0.25) is 11.6 Å². The molecule has 0 saturated heterocycles. The molecule has 0 atom stereocenters. The SMILES string of the molecule is COc1ccccc1-n1c(C2=C(C#N)C(=O)c3ccccc3C2=O)c2ccccc2c1C1=C(C#N)C(=O)c2ccccc2C1=O. The van der Waals surface area contributed by atoms with Crippen molar-refractivity contribution in [2.45, 2.75) is 0 Å². The molecule has 0 fully saturated rings. The molecule has 5 aromatic rings. The smallest absolute Gasteiger partial charge is 0.205 e. The van der Waals surface area contributed by atoms with Crippen LogP contribution in [-0.2, 0) is 0 Å². The molecule has 0 saturated carbocycles. The monoisotopic (exact) mass is 585 g/mol. The first-order valence-electron chi connectivity index (χ1n) is 13.9. The molecule has 1 heterocycles. The van der Waals surface area contributed by atoms with Crippen molar-refractivity contribution >= 4 is 45.1 Å². The van der Waals surface area contributed by atoms with Crippen LogP contribution in [0.4, 0.5) is 0 Å². The average molecular weight is 586 g/mol. The summed E-state index contributed by atoms with van der Waals surface area (Å²) in [5, 5.41) is 21.5. The summed E-state index contributed by atoms with van der Waals surface area (Å²) in [4.78, 5) is 56.0. The van der Waals surface area contributed by atoms with E-state index in [0.29, 0.717) is 22.2 Å². The standard InChI is InChI=1S/C37H19N3O5/c1-45-29-17-9-8-16-28(29)40-32(30-26(18-38)34(41)22-12-4-6-14-24(22)36(30)43)20-10-2-3-11-21(20)33(40)31-27(19-39)35(42)23-13-5-7-15-25(23)37(31)44/h2-17H,1H3. The predicted octanol–water partition coefficient (Wildman–Crippen LogP) is 6.35. The van der Waals surface area contributed by atoms with Crippen LogP contribution < -0.4 is 4.74 Å². The van der Waals surface area contributed by atoms with Gasteiger partial charge in [0.05, 0.1) is 35.3 Å². The lowest BCUT2D eigenvalue weighted by molar-refractivity contribution is 0.0995. The molecular formula is C37H19N3O5. The lowest BCUT2D eigenvalue weighted by Gasteiger charge is -2.23. The second kappa shape index (κ2) is 10.3. The molecule has 1 aromatic heterocycles. The van der Waals surface area contributed by atoms with Gasteiger partial charge >= 0.3 is 0 Å². The molecule has 8 nitrogen and oxygen atoms in total. The molecular weight excluding hydrogens is 566 g/mol. The highest BCUT2D eigenvalue weighted by Gasteiger charge is 2.40. The molecule has 0 spiro atoms. The third-order valence-electron chi connectivity index (χ3n) is 8.15. The van der Waals surface area contributed by atoms with Gasteiger partial charge in [0.1, 0.15) is 29.0 Å². The van der Waals surface area contributed by atoms with Crippen LogP contribution in [0.5, 0.6) is 5.75 Å². The van der Waals surface area contributed by atoms with Crippen LogP contribution in [0.25, 0.3) is 27.6 Å². The fraction of sp³-hybridized carbons (Fsp3) is 0.0270. The number of ketones is 4. The first-order valence-corrected chi connectivity index (χ1v) is 13.9. The summed E-state index contributed by atoms with van der Waals surface area (Å²) in [5.41, 5.74) is 0.0854. The Morgan fingerprint density at radius 3 is 1.33 bits per heavy atom. The van der Waals surface area contributed by atoms with Gasteiger partial charge in [0.25, 0.3) is 0 Å². The Labute approximate surface area is 256 Å². The van der Waals surface area contributed by atoms with E-state index in [9.17, 15) is 29.7 Å². The van der Waals surface area contributed by atoms with Crippen molar-refractivity contribution in [3.05, 3.63) is 142 Å². The molecule has 2 aliphatic rings. The van der Waals surface area contributed by atoms with Crippen LogP contribution in [0.15, 0.2) is 108 Å². The van der Waals surface area contributed by atoms with E-state index in [2.05, 4.69) is 0 Å². The van der Waals surface area contributed by atoms with Crippen molar-refractivity contribution in [3.8, 4) is 23.6 Å². The molecule has 0 bridgehead atoms. The highest BCUT2D eigenvalue weighted by Crippen LogP contribution is 2.45. The number of carbonyl (C=O) groups is 4. The Morgan fingerprint density at radius 2 is 0.911 bits per heavy atom. The van der Waals surface area contributed by atoms with E-state index in [1.54, 1.807) is 77.4 Å². The number of hydrogen-bond donors (Lipinski definition) is 0. The number of allylic oxidation sites excluding steroid dienone is 4. The normalized spacial score (nSPS) is 14.3. The molecule has 0 aliphatic heterocycles. The summed E-state index contributed by atoms with van der Waals surface area (Å²) in [6, 6.07) is 30.2. The van der Waals surface area contributed by atoms with E-state index in [-0.39, 0.29) is 55.9 Å².